The van der Waals surface area contributed by atoms with Gasteiger partial charge in [-0.3, -0.25) is 4.90 Å². The predicted molar refractivity (Wildman–Crippen MR) is 80.7 cm³/mol. The summed E-state index contributed by atoms with van der Waals surface area (Å²) >= 11 is 1.59. The van der Waals surface area contributed by atoms with Crippen molar-refractivity contribution in [2.75, 3.05) is 45.6 Å². The van der Waals surface area contributed by atoms with Gasteiger partial charge in [0, 0.05) is 31.1 Å². The Balaban J connectivity index is 1.86. The standard InChI is InChI=1S/C13H20N2O3S2/c1-19-12-2-4-13(5-3-12)20(16,17)14-6-7-15-8-10-18-11-9-15/h2-5,14H,6-11H2,1H3. The molecular weight excluding hydrogens is 296 g/mol. The van der Waals surface area contributed by atoms with Gasteiger partial charge in [0.05, 0.1) is 18.1 Å². The molecule has 0 amide bonds. The average Bonchev–Trinajstić information content (AvgIpc) is 2.48. The molecule has 0 aromatic heterocycles. The minimum Gasteiger partial charge on any atom is -0.379 e. The van der Waals surface area contributed by atoms with E-state index in [1.54, 1.807) is 23.9 Å². The fraction of sp³-hybridized carbons (Fsp3) is 0.538. The number of thioether (sulfide) groups is 1. The molecule has 0 saturated carbocycles. The van der Waals surface area contributed by atoms with Gasteiger partial charge < -0.3 is 4.74 Å². The highest BCUT2D eigenvalue weighted by molar-refractivity contribution is 7.98. The van der Waals surface area contributed by atoms with Gasteiger partial charge in [-0.1, -0.05) is 0 Å². The van der Waals surface area contributed by atoms with Crippen molar-refractivity contribution in [2.24, 2.45) is 0 Å². The number of ether oxygens (including phenoxy) is 1. The van der Waals surface area contributed by atoms with Gasteiger partial charge in [0.15, 0.2) is 0 Å². The van der Waals surface area contributed by atoms with E-state index in [4.69, 9.17) is 4.74 Å². The number of nitrogens with zero attached hydrogens (tertiary/aromatic N) is 1. The van der Waals surface area contributed by atoms with E-state index in [2.05, 4.69) is 9.62 Å². The number of sulfonamides is 1. The second-order valence-electron chi connectivity index (χ2n) is 4.53. The van der Waals surface area contributed by atoms with Crippen molar-refractivity contribution in [1.29, 1.82) is 0 Å². The van der Waals surface area contributed by atoms with Crippen LogP contribution in [0.15, 0.2) is 34.1 Å². The van der Waals surface area contributed by atoms with Gasteiger partial charge in [0.1, 0.15) is 0 Å². The molecule has 1 aliphatic rings. The molecule has 112 valence electrons. The second-order valence-corrected chi connectivity index (χ2v) is 7.17. The summed E-state index contributed by atoms with van der Waals surface area (Å²) in [4.78, 5) is 3.57. The Morgan fingerprint density at radius 3 is 2.50 bits per heavy atom. The quantitative estimate of drug-likeness (QED) is 0.794. The summed E-state index contributed by atoms with van der Waals surface area (Å²) in [6.45, 7) is 4.32. The van der Waals surface area contributed by atoms with Gasteiger partial charge >= 0.3 is 0 Å². The summed E-state index contributed by atoms with van der Waals surface area (Å²) in [5.41, 5.74) is 0. The van der Waals surface area contributed by atoms with Crippen LogP contribution in [0, 0.1) is 0 Å². The fourth-order valence-corrected chi connectivity index (χ4v) is 3.43. The summed E-state index contributed by atoms with van der Waals surface area (Å²) in [5.74, 6) is 0. The molecule has 1 aliphatic heterocycles. The van der Waals surface area contributed by atoms with E-state index in [0.717, 1.165) is 31.2 Å². The highest BCUT2D eigenvalue weighted by atomic mass is 32.2. The van der Waals surface area contributed by atoms with E-state index >= 15 is 0 Å². The largest absolute Gasteiger partial charge is 0.379 e. The summed E-state index contributed by atoms with van der Waals surface area (Å²) in [7, 11) is -3.40. The Morgan fingerprint density at radius 1 is 1.25 bits per heavy atom. The number of nitrogens with one attached hydrogen (secondary N) is 1. The summed E-state index contributed by atoms with van der Waals surface area (Å²) in [6.07, 6.45) is 1.96. The van der Waals surface area contributed by atoms with Gasteiger partial charge in [-0.2, -0.15) is 0 Å². The van der Waals surface area contributed by atoms with Crippen LogP contribution in [-0.4, -0.2) is 59.0 Å². The maximum absolute atomic E-state index is 12.1. The summed E-state index contributed by atoms with van der Waals surface area (Å²) in [6, 6.07) is 6.92. The zero-order valence-corrected chi connectivity index (χ0v) is 13.2. The van der Waals surface area contributed by atoms with Crippen LogP contribution in [0.2, 0.25) is 0 Å². The van der Waals surface area contributed by atoms with Crippen molar-refractivity contribution in [1.82, 2.24) is 9.62 Å². The Labute approximate surface area is 124 Å². The first-order chi connectivity index (χ1) is 9.62. The molecule has 0 spiro atoms. The van der Waals surface area contributed by atoms with Crippen LogP contribution in [0.5, 0.6) is 0 Å². The van der Waals surface area contributed by atoms with Crippen molar-refractivity contribution in [3.63, 3.8) is 0 Å². The molecule has 5 nitrogen and oxygen atoms in total. The Morgan fingerprint density at radius 2 is 1.90 bits per heavy atom. The predicted octanol–water partition coefficient (Wildman–Crippen LogP) is 1.02. The highest BCUT2D eigenvalue weighted by Crippen LogP contribution is 2.17. The number of hydrogen-bond acceptors (Lipinski definition) is 5. The van der Waals surface area contributed by atoms with Gasteiger partial charge in [-0.05, 0) is 30.5 Å². The van der Waals surface area contributed by atoms with Crippen LogP contribution in [0.25, 0.3) is 0 Å². The maximum Gasteiger partial charge on any atom is 0.240 e. The molecule has 0 unspecified atom stereocenters. The van der Waals surface area contributed by atoms with E-state index in [0.29, 0.717) is 18.0 Å². The smallest absolute Gasteiger partial charge is 0.240 e. The lowest BCUT2D eigenvalue weighted by molar-refractivity contribution is 0.0390. The Hall–Kier alpha value is -0.600. The molecule has 1 heterocycles. The molecule has 1 aromatic rings. The van der Waals surface area contributed by atoms with Crippen molar-refractivity contribution >= 4 is 21.8 Å². The lowest BCUT2D eigenvalue weighted by Gasteiger charge is -2.26. The normalized spacial score (nSPS) is 17.2. The fourth-order valence-electron chi connectivity index (χ4n) is 2.00. The highest BCUT2D eigenvalue weighted by Gasteiger charge is 2.15. The number of hydrogen-bond donors (Lipinski definition) is 1. The summed E-state index contributed by atoms with van der Waals surface area (Å²) < 4.78 is 32.1. The third-order valence-corrected chi connectivity index (χ3v) is 5.41. The SMILES string of the molecule is CSc1ccc(S(=O)(=O)NCCN2CCOCC2)cc1. The second kappa shape index (κ2) is 7.42. The molecular formula is C13H20N2O3S2. The van der Waals surface area contributed by atoms with E-state index in [1.165, 1.54) is 0 Å². The molecule has 0 radical (unpaired) electrons. The zero-order valence-electron chi connectivity index (χ0n) is 11.5. The van der Waals surface area contributed by atoms with Crippen molar-refractivity contribution in [3.8, 4) is 0 Å². The van der Waals surface area contributed by atoms with Crippen molar-refractivity contribution < 1.29 is 13.2 Å². The number of morpholine rings is 1. The molecule has 1 fully saturated rings. The Kier molecular flexibility index (Phi) is 5.86. The van der Waals surface area contributed by atoms with Crippen LogP contribution in [-0.2, 0) is 14.8 Å². The molecule has 7 heteroatoms. The zero-order chi connectivity index (χ0) is 14.4. The molecule has 2 rings (SSSR count). The van der Waals surface area contributed by atoms with Gasteiger partial charge in [0.2, 0.25) is 10.0 Å². The number of rotatable bonds is 6. The molecule has 1 aromatic carbocycles. The lowest BCUT2D eigenvalue weighted by Crippen LogP contribution is -2.41. The first-order valence-corrected chi connectivity index (χ1v) is 9.26. The first kappa shape index (κ1) is 15.8. The van der Waals surface area contributed by atoms with E-state index in [9.17, 15) is 8.42 Å². The number of benzene rings is 1. The van der Waals surface area contributed by atoms with Crippen LogP contribution >= 0.6 is 11.8 Å². The van der Waals surface area contributed by atoms with Crippen molar-refractivity contribution in [2.45, 2.75) is 9.79 Å². The van der Waals surface area contributed by atoms with E-state index in [1.807, 2.05) is 18.4 Å². The maximum atomic E-state index is 12.1. The minimum atomic E-state index is -3.40. The third kappa shape index (κ3) is 4.46. The molecule has 0 aliphatic carbocycles. The molecule has 0 atom stereocenters. The molecule has 1 N–H and O–H groups in total. The van der Waals surface area contributed by atoms with Crippen LogP contribution in [0.4, 0.5) is 0 Å². The molecule has 20 heavy (non-hydrogen) atoms. The van der Waals surface area contributed by atoms with E-state index < -0.39 is 10.0 Å². The molecule has 0 bridgehead atoms. The first-order valence-electron chi connectivity index (χ1n) is 6.55. The summed E-state index contributed by atoms with van der Waals surface area (Å²) in [5, 5.41) is 0. The third-order valence-electron chi connectivity index (χ3n) is 3.19. The van der Waals surface area contributed by atoms with E-state index in [-0.39, 0.29) is 0 Å². The van der Waals surface area contributed by atoms with Gasteiger partial charge in [0.25, 0.3) is 0 Å². The molecule has 1 saturated heterocycles. The average molecular weight is 316 g/mol. The van der Waals surface area contributed by atoms with Crippen molar-refractivity contribution in [3.05, 3.63) is 24.3 Å². The van der Waals surface area contributed by atoms with Crippen LogP contribution in [0.3, 0.4) is 0 Å². The van der Waals surface area contributed by atoms with Gasteiger partial charge in [-0.15, -0.1) is 11.8 Å². The monoisotopic (exact) mass is 316 g/mol. The topological polar surface area (TPSA) is 58.6 Å². The lowest BCUT2D eigenvalue weighted by atomic mass is 10.4. The van der Waals surface area contributed by atoms with Crippen LogP contribution < -0.4 is 4.72 Å². The Bertz CT molecular complexity index is 511. The van der Waals surface area contributed by atoms with Gasteiger partial charge in [-0.25, -0.2) is 13.1 Å². The minimum absolute atomic E-state index is 0.317. The van der Waals surface area contributed by atoms with Crippen LogP contribution in [0.1, 0.15) is 0 Å².